The molecule has 0 saturated carbocycles. The Balaban J connectivity index is 2.47. The molecular formula is C22H26Cl3N3O4S. The number of anilines is 1. The van der Waals surface area contributed by atoms with E-state index in [1.165, 1.54) is 17.0 Å². The molecular weight excluding hydrogens is 509 g/mol. The predicted octanol–water partition coefficient (Wildman–Crippen LogP) is 4.27. The topological polar surface area (TPSA) is 86.8 Å². The lowest BCUT2D eigenvalue weighted by Gasteiger charge is -2.32. The Labute approximate surface area is 209 Å². The number of carbonyl (C=O) groups excluding carboxylic acids is 2. The van der Waals surface area contributed by atoms with E-state index in [0.29, 0.717) is 6.54 Å². The molecule has 0 aliphatic carbocycles. The van der Waals surface area contributed by atoms with Gasteiger partial charge in [-0.25, -0.2) is 8.42 Å². The highest BCUT2D eigenvalue weighted by Crippen LogP contribution is 2.35. The van der Waals surface area contributed by atoms with Crippen LogP contribution in [0.4, 0.5) is 5.69 Å². The van der Waals surface area contributed by atoms with E-state index in [9.17, 15) is 18.0 Å². The Kier molecular flexibility index (Phi) is 9.43. The quantitative estimate of drug-likeness (QED) is 0.487. The Hall–Kier alpha value is -2.00. The summed E-state index contributed by atoms with van der Waals surface area (Å²) in [5.41, 5.74) is 1.79. The summed E-state index contributed by atoms with van der Waals surface area (Å²) in [6, 6.07) is 9.21. The number of sulfonamides is 1. The van der Waals surface area contributed by atoms with E-state index in [1.54, 1.807) is 13.8 Å². The van der Waals surface area contributed by atoms with Crippen LogP contribution in [0.1, 0.15) is 25.0 Å². The molecule has 0 fully saturated rings. The second-order valence-electron chi connectivity index (χ2n) is 7.51. The lowest BCUT2D eigenvalue weighted by Crippen LogP contribution is -2.51. The maximum atomic E-state index is 13.4. The van der Waals surface area contributed by atoms with Crippen LogP contribution in [0.5, 0.6) is 0 Å². The molecule has 0 heterocycles. The van der Waals surface area contributed by atoms with Crippen molar-refractivity contribution in [3.8, 4) is 0 Å². The van der Waals surface area contributed by atoms with Gasteiger partial charge in [0.05, 0.1) is 27.0 Å². The van der Waals surface area contributed by atoms with Gasteiger partial charge in [-0.05, 0) is 44.0 Å². The first-order valence-corrected chi connectivity index (χ1v) is 13.1. The first-order chi connectivity index (χ1) is 15.4. The fraction of sp³-hybridized carbons (Fsp3) is 0.364. The van der Waals surface area contributed by atoms with Crippen molar-refractivity contribution in [3.63, 3.8) is 0 Å². The highest BCUT2D eigenvalue weighted by atomic mass is 35.5. The lowest BCUT2D eigenvalue weighted by molar-refractivity contribution is -0.139. The molecule has 1 N–H and O–H groups in total. The van der Waals surface area contributed by atoms with Gasteiger partial charge in [0.2, 0.25) is 21.8 Å². The minimum Gasteiger partial charge on any atom is -0.355 e. The van der Waals surface area contributed by atoms with Crippen molar-refractivity contribution in [2.24, 2.45) is 0 Å². The maximum Gasteiger partial charge on any atom is 0.244 e. The average Bonchev–Trinajstić information content (AvgIpc) is 2.73. The molecule has 2 aromatic carbocycles. The van der Waals surface area contributed by atoms with Gasteiger partial charge in [-0.2, -0.15) is 0 Å². The molecule has 1 atom stereocenters. The molecule has 0 bridgehead atoms. The summed E-state index contributed by atoms with van der Waals surface area (Å²) < 4.78 is 26.1. The van der Waals surface area contributed by atoms with E-state index in [-0.39, 0.29) is 33.2 Å². The molecule has 2 rings (SSSR count). The van der Waals surface area contributed by atoms with Crippen molar-refractivity contribution in [1.29, 1.82) is 0 Å². The van der Waals surface area contributed by atoms with Crippen LogP contribution >= 0.6 is 34.8 Å². The van der Waals surface area contributed by atoms with E-state index in [0.717, 1.165) is 21.7 Å². The standard InChI is InChI=1S/C22H26Cl3N3O4S/c1-5-26-22(30)15(3)27(12-16-9-7-6-8-14(16)2)21(29)13-28(33(4,31)32)20-11-18(24)17(23)10-19(20)25/h6-11,15H,5,12-13H2,1-4H3,(H,26,30). The number of hydrogen-bond donors (Lipinski definition) is 1. The second-order valence-corrected chi connectivity index (χ2v) is 10.6. The van der Waals surface area contributed by atoms with Crippen molar-refractivity contribution >= 4 is 62.3 Å². The van der Waals surface area contributed by atoms with E-state index >= 15 is 0 Å². The van der Waals surface area contributed by atoms with Gasteiger partial charge in [-0.3, -0.25) is 13.9 Å². The van der Waals surface area contributed by atoms with Gasteiger partial charge in [-0.1, -0.05) is 59.1 Å². The molecule has 0 radical (unpaired) electrons. The number of nitrogens with zero attached hydrogens (tertiary/aromatic N) is 2. The Morgan fingerprint density at radius 2 is 1.67 bits per heavy atom. The van der Waals surface area contributed by atoms with Crippen LogP contribution in [-0.4, -0.2) is 50.5 Å². The lowest BCUT2D eigenvalue weighted by atomic mass is 10.1. The monoisotopic (exact) mass is 533 g/mol. The zero-order chi connectivity index (χ0) is 24.9. The van der Waals surface area contributed by atoms with Crippen LogP contribution in [-0.2, 0) is 26.2 Å². The normalized spacial score (nSPS) is 12.2. The summed E-state index contributed by atoms with van der Waals surface area (Å²) in [7, 11) is -3.94. The molecule has 0 aliphatic heterocycles. The van der Waals surface area contributed by atoms with Gasteiger partial charge in [0.1, 0.15) is 12.6 Å². The molecule has 11 heteroatoms. The molecule has 180 valence electrons. The van der Waals surface area contributed by atoms with Crippen molar-refractivity contribution in [3.05, 3.63) is 62.6 Å². The van der Waals surface area contributed by atoms with Gasteiger partial charge >= 0.3 is 0 Å². The van der Waals surface area contributed by atoms with Crippen molar-refractivity contribution < 1.29 is 18.0 Å². The number of benzene rings is 2. The van der Waals surface area contributed by atoms with Crippen LogP contribution in [0.15, 0.2) is 36.4 Å². The van der Waals surface area contributed by atoms with Crippen LogP contribution in [0, 0.1) is 6.92 Å². The first-order valence-electron chi connectivity index (χ1n) is 10.1. The zero-order valence-corrected chi connectivity index (χ0v) is 21.8. The predicted molar refractivity (Wildman–Crippen MR) is 134 cm³/mol. The number of amides is 2. The molecule has 0 saturated heterocycles. The minimum atomic E-state index is -3.94. The summed E-state index contributed by atoms with van der Waals surface area (Å²) in [5.74, 6) is -0.928. The van der Waals surface area contributed by atoms with Gasteiger partial charge < -0.3 is 10.2 Å². The summed E-state index contributed by atoms with van der Waals surface area (Å²) in [6.07, 6.45) is 0.956. The fourth-order valence-electron chi connectivity index (χ4n) is 3.17. The molecule has 0 aromatic heterocycles. The average molecular weight is 535 g/mol. The third kappa shape index (κ3) is 6.99. The van der Waals surface area contributed by atoms with Gasteiger partial charge in [-0.15, -0.1) is 0 Å². The molecule has 2 aromatic rings. The molecule has 33 heavy (non-hydrogen) atoms. The summed E-state index contributed by atoms with van der Waals surface area (Å²) in [4.78, 5) is 27.3. The van der Waals surface area contributed by atoms with Crippen molar-refractivity contribution in [2.75, 3.05) is 23.7 Å². The molecule has 7 nitrogen and oxygen atoms in total. The number of aryl methyl sites for hydroxylation is 1. The number of likely N-dealkylation sites (N-methyl/N-ethyl adjacent to an activating group) is 1. The third-order valence-corrected chi connectivity index (χ3v) is 7.21. The molecule has 0 spiro atoms. The largest absolute Gasteiger partial charge is 0.355 e. The number of rotatable bonds is 9. The molecule has 2 amide bonds. The zero-order valence-electron chi connectivity index (χ0n) is 18.7. The van der Waals surface area contributed by atoms with Crippen molar-refractivity contribution in [2.45, 2.75) is 33.4 Å². The van der Waals surface area contributed by atoms with Crippen molar-refractivity contribution in [1.82, 2.24) is 10.2 Å². The van der Waals surface area contributed by atoms with Crippen LogP contribution < -0.4 is 9.62 Å². The van der Waals surface area contributed by atoms with Crippen LogP contribution in [0.2, 0.25) is 15.1 Å². The number of carbonyl (C=O) groups is 2. The molecule has 1 unspecified atom stereocenters. The van der Waals surface area contributed by atoms with Gasteiger partial charge in [0, 0.05) is 13.1 Å². The van der Waals surface area contributed by atoms with E-state index in [4.69, 9.17) is 34.8 Å². The third-order valence-electron chi connectivity index (χ3n) is 5.06. The SMILES string of the molecule is CCNC(=O)C(C)N(Cc1ccccc1C)C(=O)CN(c1cc(Cl)c(Cl)cc1Cl)S(C)(=O)=O. The van der Waals surface area contributed by atoms with E-state index < -0.39 is 28.5 Å². The Bertz CT molecular complexity index is 1140. The Morgan fingerprint density at radius 3 is 2.24 bits per heavy atom. The minimum absolute atomic E-state index is 0.0171. The van der Waals surface area contributed by atoms with E-state index in [2.05, 4.69) is 5.32 Å². The fourth-order valence-corrected chi connectivity index (χ4v) is 4.72. The van der Waals surface area contributed by atoms with Gasteiger partial charge in [0.15, 0.2) is 0 Å². The summed E-state index contributed by atoms with van der Waals surface area (Å²) in [5, 5.41) is 2.96. The summed E-state index contributed by atoms with van der Waals surface area (Å²) in [6.45, 7) is 5.20. The first kappa shape index (κ1) is 27.2. The maximum absolute atomic E-state index is 13.4. The van der Waals surface area contributed by atoms with Crippen LogP contribution in [0.25, 0.3) is 0 Å². The summed E-state index contributed by atoms with van der Waals surface area (Å²) >= 11 is 18.3. The number of halogens is 3. The van der Waals surface area contributed by atoms with Gasteiger partial charge in [0.25, 0.3) is 0 Å². The van der Waals surface area contributed by atoms with E-state index in [1.807, 2.05) is 31.2 Å². The number of hydrogen-bond acceptors (Lipinski definition) is 4. The smallest absolute Gasteiger partial charge is 0.244 e. The molecule has 0 aliphatic rings. The van der Waals surface area contributed by atoms with Crippen LogP contribution in [0.3, 0.4) is 0 Å². The highest BCUT2D eigenvalue weighted by Gasteiger charge is 2.31. The number of nitrogens with one attached hydrogen (secondary N) is 1. The second kappa shape index (κ2) is 11.4. The highest BCUT2D eigenvalue weighted by molar-refractivity contribution is 7.92. The Morgan fingerprint density at radius 1 is 1.06 bits per heavy atom.